The van der Waals surface area contributed by atoms with Gasteiger partial charge in [-0.2, -0.15) is 0 Å². The molecule has 3 N–H and O–H groups in total. The molecule has 1 aromatic carbocycles. The van der Waals surface area contributed by atoms with Gasteiger partial charge in [0.05, 0.1) is 11.0 Å². The lowest BCUT2D eigenvalue weighted by Crippen LogP contribution is -2.21. The predicted octanol–water partition coefficient (Wildman–Crippen LogP) is 0.894. The molecule has 0 atom stereocenters. The number of aromatic nitrogens is 2. The number of amides is 1. The van der Waals surface area contributed by atoms with Crippen molar-refractivity contribution in [2.24, 2.45) is 0 Å². The average molecular weight is 219 g/mol. The van der Waals surface area contributed by atoms with Crippen LogP contribution in [0.3, 0.4) is 0 Å². The molecule has 82 valence electrons. The van der Waals surface area contributed by atoms with Crippen LogP contribution in [-0.4, -0.2) is 27.0 Å². The molecule has 1 aromatic heterocycles. The summed E-state index contributed by atoms with van der Waals surface area (Å²) in [6.07, 6.45) is 0. The zero-order valence-corrected chi connectivity index (χ0v) is 8.44. The van der Waals surface area contributed by atoms with E-state index >= 15 is 0 Å². The molecule has 2 aromatic rings. The first-order chi connectivity index (χ1) is 7.56. The van der Waals surface area contributed by atoms with Crippen molar-refractivity contribution in [3.05, 3.63) is 24.0 Å². The highest BCUT2D eigenvalue weighted by atomic mass is 16.4. The molecule has 0 aliphatic rings. The maximum Gasteiger partial charge on any atom is 0.394 e. The number of carboxylic acid groups (broad SMARTS) is 1. The molecule has 0 spiro atoms. The normalized spacial score (nSPS) is 10.3. The first kappa shape index (κ1) is 10.2. The molecular weight excluding hydrogens is 210 g/mol. The SMILES string of the molecule is Cc1nc2ccc(NC(=O)C(=O)O)cc2[nH]1. The van der Waals surface area contributed by atoms with Gasteiger partial charge in [-0.05, 0) is 25.1 Å². The van der Waals surface area contributed by atoms with Crippen molar-refractivity contribution in [1.82, 2.24) is 9.97 Å². The maximum absolute atomic E-state index is 10.9. The Morgan fingerprint density at radius 3 is 2.88 bits per heavy atom. The Balaban J connectivity index is 2.32. The van der Waals surface area contributed by atoms with Crippen LogP contribution in [0.2, 0.25) is 0 Å². The molecular formula is C10H9N3O3. The third-order valence-corrected chi connectivity index (χ3v) is 2.05. The third-order valence-electron chi connectivity index (χ3n) is 2.05. The number of nitrogens with zero attached hydrogens (tertiary/aromatic N) is 1. The van der Waals surface area contributed by atoms with Gasteiger partial charge in [0, 0.05) is 5.69 Å². The highest BCUT2D eigenvalue weighted by Crippen LogP contribution is 2.16. The molecule has 1 heterocycles. The van der Waals surface area contributed by atoms with Crippen LogP contribution in [0.4, 0.5) is 5.69 Å². The van der Waals surface area contributed by atoms with Gasteiger partial charge in [-0.15, -0.1) is 0 Å². The van der Waals surface area contributed by atoms with Crippen molar-refractivity contribution in [1.29, 1.82) is 0 Å². The second kappa shape index (κ2) is 3.65. The van der Waals surface area contributed by atoms with E-state index in [1.54, 1.807) is 18.2 Å². The monoisotopic (exact) mass is 219 g/mol. The number of carbonyl (C=O) groups is 2. The number of hydrogen-bond acceptors (Lipinski definition) is 3. The number of anilines is 1. The minimum atomic E-state index is -1.51. The van der Waals surface area contributed by atoms with E-state index < -0.39 is 11.9 Å². The smallest absolute Gasteiger partial charge is 0.394 e. The molecule has 0 radical (unpaired) electrons. The summed E-state index contributed by atoms with van der Waals surface area (Å²) in [5, 5.41) is 10.7. The minimum absolute atomic E-state index is 0.420. The maximum atomic E-state index is 10.9. The van der Waals surface area contributed by atoms with Crippen LogP contribution in [0.1, 0.15) is 5.82 Å². The lowest BCUT2D eigenvalue weighted by molar-refractivity contribution is -0.147. The molecule has 6 nitrogen and oxygen atoms in total. The number of nitrogens with one attached hydrogen (secondary N) is 2. The van der Waals surface area contributed by atoms with E-state index in [1.165, 1.54) is 0 Å². The van der Waals surface area contributed by atoms with Crippen LogP contribution in [-0.2, 0) is 9.59 Å². The first-order valence-corrected chi connectivity index (χ1v) is 4.57. The van der Waals surface area contributed by atoms with Gasteiger partial charge in [-0.3, -0.25) is 4.79 Å². The van der Waals surface area contributed by atoms with E-state index in [2.05, 4.69) is 15.3 Å². The molecule has 0 unspecified atom stereocenters. The number of benzene rings is 1. The number of fused-ring (bicyclic) bond motifs is 1. The molecule has 0 saturated heterocycles. The Morgan fingerprint density at radius 2 is 2.19 bits per heavy atom. The quantitative estimate of drug-likeness (QED) is 0.621. The summed E-state index contributed by atoms with van der Waals surface area (Å²) in [6.45, 7) is 1.81. The summed E-state index contributed by atoms with van der Waals surface area (Å²) in [7, 11) is 0. The molecule has 0 aliphatic heterocycles. The number of H-pyrrole nitrogens is 1. The Labute approximate surface area is 90.3 Å². The first-order valence-electron chi connectivity index (χ1n) is 4.57. The largest absolute Gasteiger partial charge is 0.474 e. The van der Waals surface area contributed by atoms with Crippen LogP contribution in [0, 0.1) is 6.92 Å². The van der Waals surface area contributed by atoms with Crippen molar-refractivity contribution in [3.63, 3.8) is 0 Å². The number of aromatic amines is 1. The molecule has 6 heteroatoms. The number of aryl methyl sites for hydroxylation is 1. The number of hydrogen-bond donors (Lipinski definition) is 3. The summed E-state index contributed by atoms with van der Waals surface area (Å²) in [5.41, 5.74) is 1.94. The minimum Gasteiger partial charge on any atom is -0.474 e. The molecule has 1 amide bonds. The fourth-order valence-electron chi connectivity index (χ4n) is 1.40. The Bertz CT molecular complexity index is 574. The van der Waals surface area contributed by atoms with Gasteiger partial charge in [0.1, 0.15) is 5.82 Å². The fraction of sp³-hybridized carbons (Fsp3) is 0.100. The van der Waals surface area contributed by atoms with Crippen molar-refractivity contribution >= 4 is 28.6 Å². The standard InChI is InChI=1S/C10H9N3O3/c1-5-11-7-3-2-6(4-8(7)12-5)13-9(14)10(15)16/h2-4H,1H3,(H,11,12)(H,13,14)(H,15,16). The van der Waals surface area contributed by atoms with Crippen LogP contribution in [0.5, 0.6) is 0 Å². The van der Waals surface area contributed by atoms with E-state index in [0.717, 1.165) is 16.9 Å². The van der Waals surface area contributed by atoms with Crippen LogP contribution < -0.4 is 5.32 Å². The summed E-state index contributed by atoms with van der Waals surface area (Å²) >= 11 is 0. The Hall–Kier alpha value is -2.37. The topological polar surface area (TPSA) is 95.1 Å². The average Bonchev–Trinajstić information content (AvgIpc) is 2.57. The number of imidazole rings is 1. The van der Waals surface area contributed by atoms with Gasteiger partial charge >= 0.3 is 11.9 Å². The second-order valence-electron chi connectivity index (χ2n) is 3.31. The lowest BCUT2D eigenvalue weighted by atomic mass is 10.3. The highest BCUT2D eigenvalue weighted by molar-refractivity contribution is 6.36. The van der Waals surface area contributed by atoms with Crippen molar-refractivity contribution < 1.29 is 14.7 Å². The second-order valence-corrected chi connectivity index (χ2v) is 3.31. The van der Waals surface area contributed by atoms with Crippen LogP contribution >= 0.6 is 0 Å². The van der Waals surface area contributed by atoms with Crippen molar-refractivity contribution in [2.75, 3.05) is 5.32 Å². The number of rotatable bonds is 1. The fourth-order valence-corrected chi connectivity index (χ4v) is 1.40. The van der Waals surface area contributed by atoms with Crippen LogP contribution in [0.25, 0.3) is 11.0 Å². The predicted molar refractivity (Wildman–Crippen MR) is 57.1 cm³/mol. The van der Waals surface area contributed by atoms with Crippen molar-refractivity contribution in [3.8, 4) is 0 Å². The molecule has 0 fully saturated rings. The summed E-state index contributed by atoms with van der Waals surface area (Å²) in [5.74, 6) is -1.81. The zero-order chi connectivity index (χ0) is 11.7. The molecule has 0 bridgehead atoms. The van der Waals surface area contributed by atoms with Gasteiger partial charge in [0.25, 0.3) is 0 Å². The van der Waals surface area contributed by atoms with Gasteiger partial charge in [0.2, 0.25) is 0 Å². The van der Waals surface area contributed by atoms with E-state index in [4.69, 9.17) is 5.11 Å². The van der Waals surface area contributed by atoms with Gasteiger partial charge in [-0.25, -0.2) is 9.78 Å². The number of carboxylic acids is 1. The van der Waals surface area contributed by atoms with E-state index in [9.17, 15) is 9.59 Å². The summed E-state index contributed by atoms with van der Waals surface area (Å²) < 4.78 is 0. The Kier molecular flexibility index (Phi) is 2.32. The molecule has 16 heavy (non-hydrogen) atoms. The van der Waals surface area contributed by atoms with E-state index in [-0.39, 0.29) is 0 Å². The highest BCUT2D eigenvalue weighted by Gasteiger charge is 2.11. The van der Waals surface area contributed by atoms with Gasteiger partial charge in [0.15, 0.2) is 0 Å². The summed E-state index contributed by atoms with van der Waals surface area (Å²) in [4.78, 5) is 28.4. The zero-order valence-electron chi connectivity index (χ0n) is 8.44. The molecule has 2 rings (SSSR count). The Morgan fingerprint density at radius 1 is 1.44 bits per heavy atom. The lowest BCUT2D eigenvalue weighted by Gasteiger charge is -2.00. The van der Waals surface area contributed by atoms with Gasteiger partial charge in [-0.1, -0.05) is 0 Å². The van der Waals surface area contributed by atoms with Crippen molar-refractivity contribution in [2.45, 2.75) is 6.92 Å². The number of carbonyl (C=O) groups excluding carboxylic acids is 1. The third kappa shape index (κ3) is 1.85. The van der Waals surface area contributed by atoms with Gasteiger partial charge < -0.3 is 15.4 Å². The van der Waals surface area contributed by atoms with Crippen LogP contribution in [0.15, 0.2) is 18.2 Å². The summed E-state index contributed by atoms with van der Waals surface area (Å²) in [6, 6.07) is 4.94. The molecule has 0 saturated carbocycles. The number of aliphatic carboxylic acids is 1. The molecule has 0 aliphatic carbocycles. The van der Waals surface area contributed by atoms with E-state index in [0.29, 0.717) is 5.69 Å². The van der Waals surface area contributed by atoms with E-state index in [1.807, 2.05) is 6.92 Å².